The normalized spacial score (nSPS) is 14.8. The Labute approximate surface area is 681 Å². The number of nitrogens with zero attached hydrogens (tertiary/aromatic N) is 1. The van der Waals surface area contributed by atoms with E-state index in [0.717, 1.165) is 11.8 Å². The number of aliphatic hydroxyl groups is 1. The number of hydrogen-bond acceptors (Lipinski definition) is 25. The fourth-order valence-electron chi connectivity index (χ4n) is 11.6. The van der Waals surface area contributed by atoms with Crippen molar-refractivity contribution >= 4 is 124 Å². The number of aliphatic carboxylic acids is 2. The van der Waals surface area contributed by atoms with E-state index in [1.165, 1.54) is 62.4 Å². The molecule has 0 aromatic heterocycles. The van der Waals surface area contributed by atoms with Gasteiger partial charge in [-0.15, -0.1) is 0 Å². The smallest absolute Gasteiger partial charge is 0.305 e. The monoisotopic (exact) mass is 1680 g/mol. The predicted octanol–water partition coefficient (Wildman–Crippen LogP) is -11.0. The highest BCUT2D eigenvalue weighted by atomic mass is 16.4. The first-order valence-electron chi connectivity index (χ1n) is 37.6. The first-order valence-corrected chi connectivity index (χ1v) is 37.6. The van der Waals surface area contributed by atoms with E-state index >= 15 is 0 Å². The minimum absolute atomic E-state index is 0.0166. The second-order valence-electron chi connectivity index (χ2n) is 27.5. The van der Waals surface area contributed by atoms with Crippen LogP contribution in [0.1, 0.15) is 115 Å². The molecule has 33 N–H and O–H groups in total. The average molecular weight is 1680 g/mol. The lowest BCUT2D eigenvalue weighted by Gasteiger charge is -2.30. The number of carboxylic acid groups (broad SMARTS) is 2. The van der Waals surface area contributed by atoms with Crippen LogP contribution in [-0.4, -0.2) is 280 Å². The number of carbonyl (C=O) groups excluding carboxylic acids is 17. The van der Waals surface area contributed by atoms with Gasteiger partial charge in [0.15, 0.2) is 11.9 Å². The number of unbranched alkanes of at least 4 members (excludes halogenated alkanes) is 1. The van der Waals surface area contributed by atoms with E-state index in [4.69, 9.17) is 39.5 Å². The molecule has 48 nitrogen and oxygen atoms in total. The van der Waals surface area contributed by atoms with Gasteiger partial charge in [0.05, 0.1) is 45.1 Å². The van der Waals surface area contributed by atoms with E-state index < -0.39 is 255 Å². The van der Waals surface area contributed by atoms with Crippen molar-refractivity contribution in [2.24, 2.45) is 28.7 Å². The number of aromatic hydroxyl groups is 2. The molecule has 0 bridgehead atoms. The summed E-state index contributed by atoms with van der Waals surface area (Å²) in [7, 11) is 0. The van der Waals surface area contributed by atoms with Crippen LogP contribution in [0.3, 0.4) is 0 Å². The molecule has 656 valence electrons. The molecule has 17 amide bonds. The van der Waals surface area contributed by atoms with Gasteiger partial charge < -0.3 is 144 Å². The molecule has 1 fully saturated rings. The molecule has 2 aromatic rings. The van der Waals surface area contributed by atoms with E-state index in [0.29, 0.717) is 24.9 Å². The lowest BCUT2D eigenvalue weighted by Crippen LogP contribution is -2.61. The standard InChI is InChI=1S/C71H108N24O24/c1-35(60(110)92-46(59(74)109)27-38-13-17-40(98)18-14-38)85-64(114)44(11-7-25-80-71(77)78)90-65(115)47(28-39-15-19-41(99)20-16-39)93-68(118)58(36(2)96)94-66(116)49(30-57(107)108)89-55(104)34-83-62(112)43(10-6-24-79-70(75)76)91-67(117)50-12-8-26-95(50)69(119)45(21-22-56(105)106)87-54(103)33-84-63(113)48(29-51(73)100)88-53(102)32-81-52(101)31-82-61(111)42(86-37(3)97)9-4-5-23-72/h13-20,35-36,42-50,58,96,98-99H,4-12,21-34,72H2,1-3H3,(H2,73,100)(H2,74,109)(H,81,101)(H,82,111)(H,83,112)(H,84,113)(H,85,114)(H,86,97)(H,87,103)(H,88,102)(H,89,104)(H,90,115)(H,91,117)(H,92,110)(H,93,118)(H,94,116)(H,105,106)(H,107,108)(H4,75,76,79)(H4,77,78,80)/t35-,36+,42-,43-,44-,45-,46-,47-,48-,49-,50-,58-/m0/s1. The van der Waals surface area contributed by atoms with E-state index in [2.05, 4.69) is 85.1 Å². The average Bonchev–Trinajstić information content (AvgIpc) is 1.73. The van der Waals surface area contributed by atoms with Gasteiger partial charge in [0.25, 0.3) is 0 Å². The number of hydrogen-bond donors (Lipinski definition) is 28. The minimum atomic E-state index is -2.10. The maximum absolute atomic E-state index is 14.5. The Hall–Kier alpha value is -13.6. The van der Waals surface area contributed by atoms with E-state index in [-0.39, 0.29) is 88.1 Å². The molecular weight excluding hydrogens is 1570 g/mol. The molecule has 3 rings (SSSR count). The highest BCUT2D eigenvalue weighted by Crippen LogP contribution is 2.21. The van der Waals surface area contributed by atoms with Gasteiger partial charge in [-0.1, -0.05) is 24.3 Å². The van der Waals surface area contributed by atoms with E-state index in [1.54, 1.807) is 0 Å². The summed E-state index contributed by atoms with van der Waals surface area (Å²) in [5.41, 5.74) is 28.0. The molecule has 1 aliphatic rings. The van der Waals surface area contributed by atoms with Gasteiger partial charge in [-0.05, 0) is 120 Å². The van der Waals surface area contributed by atoms with Crippen LogP contribution in [0.15, 0.2) is 48.5 Å². The van der Waals surface area contributed by atoms with Gasteiger partial charge in [-0.2, -0.15) is 0 Å². The van der Waals surface area contributed by atoms with Gasteiger partial charge in [-0.25, -0.2) is 0 Å². The van der Waals surface area contributed by atoms with Crippen molar-refractivity contribution in [2.75, 3.05) is 52.4 Å². The lowest BCUT2D eigenvalue weighted by atomic mass is 10.0. The summed E-state index contributed by atoms with van der Waals surface area (Å²) in [4.78, 5) is 252. The Morgan fingerprint density at radius 3 is 1.37 bits per heavy atom. The first-order chi connectivity index (χ1) is 56.1. The van der Waals surface area contributed by atoms with Crippen LogP contribution in [0.2, 0.25) is 0 Å². The van der Waals surface area contributed by atoms with Crippen molar-refractivity contribution in [2.45, 2.75) is 190 Å². The molecule has 12 atom stereocenters. The predicted molar refractivity (Wildman–Crippen MR) is 416 cm³/mol. The summed E-state index contributed by atoms with van der Waals surface area (Å²) < 4.78 is 0. The third kappa shape index (κ3) is 38.6. The SMILES string of the molecule is CC(=O)N[C@@H](CCCCN)C(=O)NCC(=O)NCC(=O)N[C@@H](CC(N)=O)C(=O)NCC(=O)N[C@@H](CCC(=O)O)C(=O)N1CCC[C@H]1C(=O)N[C@@H](CCCNC(=N)N)C(=O)NCC(=O)N[C@@H](CC(=O)O)C(=O)N[C@H](C(=O)N[C@@H](Cc1ccc(O)cc1)C(=O)N[C@@H](CCCNC(=N)N)C(=O)N[C@@H](C)C(=O)N[C@@H](Cc1ccc(O)cc1)C(N)=O)[C@@H](C)O. The number of nitrogens with one attached hydrogen (secondary N) is 18. The number of carboxylic acids is 2. The molecule has 119 heavy (non-hydrogen) atoms. The zero-order chi connectivity index (χ0) is 89.2. The zero-order valence-electron chi connectivity index (χ0n) is 65.6. The van der Waals surface area contributed by atoms with Crippen LogP contribution in [0.4, 0.5) is 0 Å². The van der Waals surface area contributed by atoms with Crippen molar-refractivity contribution in [1.82, 2.24) is 90.0 Å². The molecule has 0 aliphatic carbocycles. The fraction of sp³-hybridized carbons (Fsp3) is 0.535. The number of rotatable bonds is 53. The number of carbonyl (C=O) groups is 19. The summed E-state index contributed by atoms with van der Waals surface area (Å²) >= 11 is 0. The summed E-state index contributed by atoms with van der Waals surface area (Å²) in [6, 6.07) is -6.82. The molecule has 0 saturated carbocycles. The van der Waals surface area contributed by atoms with E-state index in [9.17, 15) is 117 Å². The number of guanidine groups is 2. The van der Waals surface area contributed by atoms with Crippen molar-refractivity contribution in [3.63, 3.8) is 0 Å². The molecule has 1 aliphatic heterocycles. The van der Waals surface area contributed by atoms with Gasteiger partial charge in [0.1, 0.15) is 78.0 Å². The van der Waals surface area contributed by atoms with Gasteiger partial charge >= 0.3 is 11.9 Å². The second-order valence-corrected chi connectivity index (χ2v) is 27.5. The maximum atomic E-state index is 14.5. The number of amides is 17. The van der Waals surface area contributed by atoms with Crippen molar-refractivity contribution in [3.8, 4) is 11.5 Å². The first kappa shape index (κ1) is 99.6. The Balaban J connectivity index is 1.79. The minimum Gasteiger partial charge on any atom is -0.508 e. The number of phenolic OH excluding ortho intramolecular Hbond substituents is 2. The van der Waals surface area contributed by atoms with E-state index in [1.807, 2.05) is 0 Å². The second kappa shape index (κ2) is 51.4. The highest BCUT2D eigenvalue weighted by Gasteiger charge is 2.41. The number of phenols is 2. The summed E-state index contributed by atoms with van der Waals surface area (Å²) in [5, 5.41) is 103. The fourth-order valence-corrected chi connectivity index (χ4v) is 11.6. The van der Waals surface area contributed by atoms with Crippen molar-refractivity contribution < 1.29 is 117 Å². The van der Waals surface area contributed by atoms with Crippen LogP contribution in [0.25, 0.3) is 0 Å². The molecule has 1 saturated heterocycles. The number of benzene rings is 2. The topological polar surface area (TPSA) is 799 Å². The van der Waals surface area contributed by atoms with Gasteiger partial charge in [-0.3, -0.25) is 102 Å². The van der Waals surface area contributed by atoms with Gasteiger partial charge in [0.2, 0.25) is 100 Å². The molecule has 0 radical (unpaired) electrons. The largest absolute Gasteiger partial charge is 0.508 e. The lowest BCUT2D eigenvalue weighted by molar-refractivity contribution is -0.143. The molecule has 2 aromatic carbocycles. The third-order valence-corrected chi connectivity index (χ3v) is 17.7. The zero-order valence-corrected chi connectivity index (χ0v) is 65.6. The van der Waals surface area contributed by atoms with Gasteiger partial charge in [0, 0.05) is 45.8 Å². The molecule has 0 spiro atoms. The quantitative estimate of drug-likeness (QED) is 0.0166. The van der Waals surface area contributed by atoms with Crippen LogP contribution in [0, 0.1) is 10.8 Å². The Kier molecular flexibility index (Phi) is 43.0. The van der Waals surface area contributed by atoms with Crippen LogP contribution in [-0.2, 0) is 104 Å². The third-order valence-electron chi connectivity index (χ3n) is 17.7. The summed E-state index contributed by atoms with van der Waals surface area (Å²) in [6.45, 7) is 0.0311. The molecule has 0 unspecified atom stereocenters. The Morgan fingerprint density at radius 1 is 0.454 bits per heavy atom. The van der Waals surface area contributed by atoms with Crippen molar-refractivity contribution in [1.29, 1.82) is 10.8 Å². The summed E-state index contributed by atoms with van der Waals surface area (Å²) in [6.07, 6.45) is -5.02. The van der Waals surface area contributed by atoms with Crippen LogP contribution >= 0.6 is 0 Å². The molecular formula is C71H108N24O24. The Bertz CT molecular complexity index is 3950. The molecule has 48 heteroatoms. The molecule has 1 heterocycles. The van der Waals surface area contributed by atoms with Crippen LogP contribution < -0.4 is 114 Å². The van der Waals surface area contributed by atoms with Crippen molar-refractivity contribution in [3.05, 3.63) is 59.7 Å². The summed E-state index contributed by atoms with van der Waals surface area (Å²) in [5.74, 6) is -22.0. The number of primary amides is 2. The number of nitrogens with two attached hydrogens (primary N) is 5. The van der Waals surface area contributed by atoms with Crippen LogP contribution in [0.5, 0.6) is 11.5 Å². The maximum Gasteiger partial charge on any atom is 0.305 e. The number of likely N-dealkylation sites (tertiary alicyclic amines) is 1. The Morgan fingerprint density at radius 2 is 0.891 bits per heavy atom. The number of aliphatic hydroxyl groups excluding tert-OH is 1. The highest BCUT2D eigenvalue weighted by molar-refractivity contribution is 6.01.